The Morgan fingerprint density at radius 3 is 2.63 bits per heavy atom. The van der Waals surface area contributed by atoms with Crippen molar-refractivity contribution in [3.8, 4) is 11.5 Å². The molecule has 0 unspecified atom stereocenters. The van der Waals surface area contributed by atoms with E-state index >= 15 is 0 Å². The van der Waals surface area contributed by atoms with Crippen molar-refractivity contribution < 1.29 is 14.2 Å². The molecule has 0 saturated heterocycles. The summed E-state index contributed by atoms with van der Waals surface area (Å²) in [6, 6.07) is 15.7. The number of hydrogen-bond donors (Lipinski definition) is 2. The second-order valence-electron chi connectivity index (χ2n) is 5.88. The van der Waals surface area contributed by atoms with Gasteiger partial charge in [0.05, 0.1) is 19.9 Å². The standard InChI is InChI=1S/C20H25N3O3S/c1-15(13-24-2)22-20(27)23-21-12-17-9-10-18(25-3)19(11-17)26-14-16-7-5-4-6-8-16/h4-12,15H,13-14H2,1-3H3,(H2,22,23,27)/b21-12-/t15-/m1/s1. The molecule has 2 aromatic carbocycles. The van der Waals surface area contributed by atoms with Gasteiger partial charge < -0.3 is 19.5 Å². The highest BCUT2D eigenvalue weighted by Crippen LogP contribution is 2.28. The molecule has 0 saturated carbocycles. The first-order valence-electron chi connectivity index (χ1n) is 8.55. The Morgan fingerprint density at radius 2 is 1.93 bits per heavy atom. The van der Waals surface area contributed by atoms with Crippen LogP contribution in [-0.4, -0.2) is 38.2 Å². The largest absolute Gasteiger partial charge is 0.493 e. The summed E-state index contributed by atoms with van der Waals surface area (Å²) in [5, 5.41) is 7.66. The van der Waals surface area contributed by atoms with Gasteiger partial charge in [0, 0.05) is 13.2 Å². The third-order valence-electron chi connectivity index (χ3n) is 3.60. The topological polar surface area (TPSA) is 64.1 Å². The summed E-state index contributed by atoms with van der Waals surface area (Å²) < 4.78 is 16.3. The number of rotatable bonds is 9. The Labute approximate surface area is 165 Å². The lowest BCUT2D eigenvalue weighted by atomic mass is 10.2. The number of hydrazone groups is 1. The fourth-order valence-corrected chi connectivity index (χ4v) is 2.59. The predicted octanol–water partition coefficient (Wildman–Crippen LogP) is 3.11. The molecule has 0 radical (unpaired) electrons. The van der Waals surface area contributed by atoms with E-state index in [0.717, 1.165) is 11.1 Å². The van der Waals surface area contributed by atoms with Crippen molar-refractivity contribution in [3.05, 3.63) is 59.7 Å². The Balaban J connectivity index is 1.96. The van der Waals surface area contributed by atoms with Crippen molar-refractivity contribution in [2.45, 2.75) is 19.6 Å². The minimum atomic E-state index is 0.101. The highest BCUT2D eigenvalue weighted by Gasteiger charge is 2.06. The Hall–Kier alpha value is -2.64. The molecule has 0 aliphatic heterocycles. The molecule has 0 bridgehead atoms. The van der Waals surface area contributed by atoms with Crippen LogP contribution in [0.5, 0.6) is 11.5 Å². The summed E-state index contributed by atoms with van der Waals surface area (Å²) in [6.07, 6.45) is 1.67. The quantitative estimate of drug-likeness (QED) is 0.392. The van der Waals surface area contributed by atoms with Crippen molar-refractivity contribution in [3.63, 3.8) is 0 Å². The number of benzene rings is 2. The van der Waals surface area contributed by atoms with Gasteiger partial charge >= 0.3 is 0 Å². The van der Waals surface area contributed by atoms with E-state index in [1.165, 1.54) is 0 Å². The van der Waals surface area contributed by atoms with Gasteiger partial charge in [0.2, 0.25) is 0 Å². The normalized spacial score (nSPS) is 11.8. The average molecular weight is 388 g/mol. The molecule has 0 aromatic heterocycles. The van der Waals surface area contributed by atoms with Gasteiger partial charge in [-0.1, -0.05) is 30.3 Å². The molecule has 0 spiro atoms. The molecule has 6 nitrogen and oxygen atoms in total. The second-order valence-corrected chi connectivity index (χ2v) is 6.29. The smallest absolute Gasteiger partial charge is 0.187 e. The first kappa shape index (κ1) is 20.7. The summed E-state index contributed by atoms with van der Waals surface area (Å²) in [4.78, 5) is 0. The molecule has 27 heavy (non-hydrogen) atoms. The summed E-state index contributed by atoms with van der Waals surface area (Å²) in [7, 11) is 3.26. The molecule has 2 N–H and O–H groups in total. The van der Waals surface area contributed by atoms with Crippen LogP contribution in [0.3, 0.4) is 0 Å². The minimum absolute atomic E-state index is 0.101. The van der Waals surface area contributed by atoms with Crippen LogP contribution in [0.4, 0.5) is 0 Å². The summed E-state index contributed by atoms with van der Waals surface area (Å²) in [6.45, 7) is 2.99. The van der Waals surface area contributed by atoms with Gasteiger partial charge in [0.1, 0.15) is 6.61 Å². The first-order valence-corrected chi connectivity index (χ1v) is 8.96. The molecular weight excluding hydrogens is 362 g/mol. The van der Waals surface area contributed by atoms with Gasteiger partial charge in [0.15, 0.2) is 16.6 Å². The monoisotopic (exact) mass is 387 g/mol. The fraction of sp³-hybridized carbons (Fsp3) is 0.300. The van der Waals surface area contributed by atoms with Crippen LogP contribution in [0, 0.1) is 0 Å². The van der Waals surface area contributed by atoms with Crippen LogP contribution < -0.4 is 20.2 Å². The van der Waals surface area contributed by atoms with Crippen molar-refractivity contribution in [1.29, 1.82) is 0 Å². The van der Waals surface area contributed by atoms with E-state index in [9.17, 15) is 0 Å². The Morgan fingerprint density at radius 1 is 1.15 bits per heavy atom. The van der Waals surface area contributed by atoms with Gasteiger partial charge in [0.25, 0.3) is 0 Å². The fourth-order valence-electron chi connectivity index (χ4n) is 2.33. The molecule has 7 heteroatoms. The molecule has 2 aromatic rings. The maximum absolute atomic E-state index is 5.90. The van der Waals surface area contributed by atoms with Gasteiger partial charge in [-0.25, -0.2) is 0 Å². The van der Waals surface area contributed by atoms with Gasteiger partial charge in [-0.2, -0.15) is 5.10 Å². The minimum Gasteiger partial charge on any atom is -0.493 e. The SMILES string of the molecule is COC[C@@H](C)NC(=S)N/N=C\c1ccc(OC)c(OCc2ccccc2)c1. The molecule has 0 aliphatic rings. The van der Waals surface area contributed by atoms with Gasteiger partial charge in [-0.05, 0) is 48.5 Å². The lowest BCUT2D eigenvalue weighted by Crippen LogP contribution is -2.40. The van der Waals surface area contributed by atoms with Crippen molar-refractivity contribution in [2.75, 3.05) is 20.8 Å². The second kappa shape index (κ2) is 11.2. The molecule has 0 aliphatic carbocycles. The predicted molar refractivity (Wildman–Crippen MR) is 112 cm³/mol. The maximum atomic E-state index is 5.90. The Kier molecular flexibility index (Phi) is 8.54. The number of ether oxygens (including phenoxy) is 3. The third-order valence-corrected chi connectivity index (χ3v) is 3.81. The van der Waals surface area contributed by atoms with Crippen LogP contribution in [0.1, 0.15) is 18.1 Å². The zero-order valence-electron chi connectivity index (χ0n) is 15.8. The van der Waals surface area contributed by atoms with Crippen LogP contribution in [-0.2, 0) is 11.3 Å². The van der Waals surface area contributed by atoms with Gasteiger partial charge in [-0.3, -0.25) is 5.43 Å². The van der Waals surface area contributed by atoms with Gasteiger partial charge in [-0.15, -0.1) is 0 Å². The molecule has 1 atom stereocenters. The first-order chi connectivity index (χ1) is 13.1. The number of nitrogens with one attached hydrogen (secondary N) is 2. The van der Waals surface area contributed by atoms with E-state index in [-0.39, 0.29) is 6.04 Å². The zero-order valence-corrected chi connectivity index (χ0v) is 16.6. The molecule has 144 valence electrons. The average Bonchev–Trinajstić information content (AvgIpc) is 2.67. The lowest BCUT2D eigenvalue weighted by molar-refractivity contribution is 0.179. The summed E-state index contributed by atoms with van der Waals surface area (Å²) in [5.41, 5.74) is 4.73. The molecule has 0 heterocycles. The molecular formula is C20H25N3O3S. The number of methoxy groups -OCH3 is 2. The molecule has 0 amide bonds. The molecule has 2 rings (SSSR count). The zero-order chi connectivity index (χ0) is 19.5. The van der Waals surface area contributed by atoms with Crippen LogP contribution in [0.25, 0.3) is 0 Å². The summed E-state index contributed by atoms with van der Waals surface area (Å²) in [5.74, 6) is 1.32. The molecule has 0 fully saturated rings. The number of hydrogen-bond acceptors (Lipinski definition) is 5. The number of nitrogens with zero attached hydrogens (tertiary/aromatic N) is 1. The van der Waals surface area contributed by atoms with E-state index < -0.39 is 0 Å². The van der Waals surface area contributed by atoms with Crippen molar-refractivity contribution >= 4 is 23.5 Å². The van der Waals surface area contributed by atoms with Crippen LogP contribution in [0.15, 0.2) is 53.6 Å². The van der Waals surface area contributed by atoms with Crippen LogP contribution >= 0.6 is 12.2 Å². The maximum Gasteiger partial charge on any atom is 0.187 e. The highest BCUT2D eigenvalue weighted by molar-refractivity contribution is 7.80. The number of thiocarbonyl (C=S) groups is 1. The van der Waals surface area contributed by atoms with E-state index in [0.29, 0.717) is 29.8 Å². The third kappa shape index (κ3) is 7.24. The van der Waals surface area contributed by atoms with E-state index in [2.05, 4.69) is 15.8 Å². The summed E-state index contributed by atoms with van der Waals surface area (Å²) >= 11 is 5.18. The van der Waals surface area contributed by atoms with Crippen molar-refractivity contribution in [2.24, 2.45) is 5.10 Å². The van der Waals surface area contributed by atoms with E-state index in [1.54, 1.807) is 20.4 Å². The van der Waals surface area contributed by atoms with Crippen molar-refractivity contribution in [1.82, 2.24) is 10.7 Å². The lowest BCUT2D eigenvalue weighted by Gasteiger charge is -2.14. The van der Waals surface area contributed by atoms with E-state index in [4.69, 9.17) is 26.4 Å². The Bertz CT molecular complexity index is 753. The van der Waals surface area contributed by atoms with E-state index in [1.807, 2.05) is 55.5 Å². The van der Waals surface area contributed by atoms with Crippen LogP contribution in [0.2, 0.25) is 0 Å². The highest BCUT2D eigenvalue weighted by atomic mass is 32.1.